The van der Waals surface area contributed by atoms with Crippen LogP contribution in [-0.2, 0) is 6.54 Å². The average Bonchev–Trinajstić information content (AvgIpc) is 3.14. The highest BCUT2D eigenvalue weighted by atomic mass is 32.1. The molecule has 10 heteroatoms. The number of aromatic nitrogens is 7. The molecule has 1 fully saturated rings. The minimum Gasteiger partial charge on any atom is -0.261 e. The molecule has 5 heterocycles. The highest BCUT2D eigenvalue weighted by Gasteiger charge is 2.30. The van der Waals surface area contributed by atoms with E-state index >= 15 is 0 Å². The quantitative estimate of drug-likeness (QED) is 0.422. The van der Waals surface area contributed by atoms with Crippen molar-refractivity contribution in [1.29, 1.82) is 0 Å². The molecule has 152 valence electrons. The van der Waals surface area contributed by atoms with E-state index in [1.807, 2.05) is 13.0 Å². The van der Waals surface area contributed by atoms with Crippen LogP contribution in [0.4, 0.5) is 8.78 Å². The summed E-state index contributed by atoms with van der Waals surface area (Å²) in [5.74, 6) is 0.823. The van der Waals surface area contributed by atoms with Crippen molar-refractivity contribution in [3.05, 3.63) is 46.9 Å². The van der Waals surface area contributed by atoms with Gasteiger partial charge in [-0.1, -0.05) is 0 Å². The number of alkyl halides is 2. The Morgan fingerprint density at radius 3 is 2.77 bits per heavy atom. The molecule has 0 saturated heterocycles. The molecule has 5 aromatic rings. The summed E-state index contributed by atoms with van der Waals surface area (Å²) in [6, 6.07) is 3.56. The maximum Gasteiger partial charge on any atom is 0.282 e. The second kappa shape index (κ2) is 6.24. The lowest BCUT2D eigenvalue weighted by atomic mass is 10.1. The van der Waals surface area contributed by atoms with Crippen LogP contribution in [0.25, 0.3) is 26.1 Å². The molecule has 0 radical (unpaired) electrons. The highest BCUT2D eigenvalue weighted by molar-refractivity contribution is 7.26. The Morgan fingerprint density at radius 1 is 1.17 bits per heavy atom. The maximum atomic E-state index is 13.2. The van der Waals surface area contributed by atoms with Gasteiger partial charge in [0.1, 0.15) is 28.1 Å². The zero-order valence-corrected chi connectivity index (χ0v) is 17.1. The first-order valence-corrected chi connectivity index (χ1v) is 10.6. The molecule has 1 aliphatic carbocycles. The summed E-state index contributed by atoms with van der Waals surface area (Å²) in [6.07, 6.45) is 1.07. The first-order chi connectivity index (χ1) is 14.5. The minimum absolute atomic E-state index is 0.189. The third-order valence-corrected chi connectivity index (χ3v) is 6.55. The molecule has 0 aliphatic heterocycles. The number of hydrogen-bond acceptors (Lipinski definition) is 6. The molecule has 5 aromatic heterocycles. The van der Waals surface area contributed by atoms with Crippen LogP contribution in [0.15, 0.2) is 18.5 Å². The van der Waals surface area contributed by atoms with E-state index in [-0.39, 0.29) is 12.2 Å². The second-order valence-corrected chi connectivity index (χ2v) is 8.81. The maximum absolute atomic E-state index is 13.2. The number of hydrogen-bond donors (Lipinski definition) is 0. The van der Waals surface area contributed by atoms with Crippen molar-refractivity contribution in [2.45, 2.75) is 45.6 Å². The fraction of sp³-hybridized carbons (Fsp3) is 0.350. The van der Waals surface area contributed by atoms with E-state index in [1.165, 1.54) is 6.07 Å². The van der Waals surface area contributed by atoms with Crippen LogP contribution < -0.4 is 0 Å². The number of thiophene rings is 1. The monoisotopic (exact) mass is 425 g/mol. The van der Waals surface area contributed by atoms with Gasteiger partial charge in [-0.15, -0.1) is 16.4 Å². The third-order valence-electron chi connectivity index (χ3n) is 5.48. The summed E-state index contributed by atoms with van der Waals surface area (Å²) in [5.41, 5.74) is 4.31. The molecule has 0 bridgehead atoms. The van der Waals surface area contributed by atoms with E-state index in [0.29, 0.717) is 17.4 Å². The van der Waals surface area contributed by atoms with Crippen LogP contribution in [0.1, 0.15) is 53.7 Å². The number of aryl methyl sites for hydroxylation is 2. The zero-order chi connectivity index (χ0) is 20.6. The predicted molar refractivity (Wildman–Crippen MR) is 109 cm³/mol. The standard InChI is InChI=1S/C20H17F2N7S/c1-9-5-10(2)24-20-15(9)16-17(30-20)19-25-14(27-29(19)8-23-16)7-28-13(11-3-4-11)6-12(26-28)18(21)22/h5-6,8,11,18H,3-4,7H2,1-2H3. The largest absolute Gasteiger partial charge is 0.282 e. The fourth-order valence-corrected chi connectivity index (χ4v) is 5.23. The third kappa shape index (κ3) is 2.70. The van der Waals surface area contributed by atoms with Gasteiger partial charge in [-0.3, -0.25) is 4.68 Å². The molecule has 30 heavy (non-hydrogen) atoms. The molecule has 0 atom stereocenters. The summed E-state index contributed by atoms with van der Waals surface area (Å²) in [6.45, 7) is 4.29. The Bertz CT molecular complexity index is 1440. The van der Waals surface area contributed by atoms with E-state index in [4.69, 9.17) is 4.98 Å². The van der Waals surface area contributed by atoms with Gasteiger partial charge in [-0.2, -0.15) is 5.10 Å². The Hall–Kier alpha value is -3.01. The lowest BCUT2D eigenvalue weighted by Crippen LogP contribution is -2.07. The van der Waals surface area contributed by atoms with Crippen LogP contribution in [0.2, 0.25) is 0 Å². The highest BCUT2D eigenvalue weighted by Crippen LogP contribution is 2.41. The van der Waals surface area contributed by atoms with Gasteiger partial charge in [0.25, 0.3) is 6.43 Å². The fourth-order valence-electron chi connectivity index (χ4n) is 4.01. The molecule has 0 amide bonds. The predicted octanol–water partition coefficient (Wildman–Crippen LogP) is 4.56. The number of nitrogens with zero attached hydrogens (tertiary/aromatic N) is 7. The van der Waals surface area contributed by atoms with Gasteiger partial charge in [-0.25, -0.2) is 28.2 Å². The Morgan fingerprint density at radius 2 is 2.00 bits per heavy atom. The first kappa shape index (κ1) is 17.8. The molecule has 7 nitrogen and oxygen atoms in total. The molecular formula is C20H17F2N7S. The van der Waals surface area contributed by atoms with Gasteiger partial charge in [-0.05, 0) is 44.4 Å². The van der Waals surface area contributed by atoms with Gasteiger partial charge >= 0.3 is 0 Å². The molecule has 0 aromatic carbocycles. The lowest BCUT2D eigenvalue weighted by Gasteiger charge is -2.02. The van der Waals surface area contributed by atoms with Crippen molar-refractivity contribution in [3.8, 4) is 0 Å². The van der Waals surface area contributed by atoms with Crippen molar-refractivity contribution in [1.82, 2.24) is 34.3 Å². The molecule has 1 aliphatic rings. The van der Waals surface area contributed by atoms with Gasteiger partial charge in [0.2, 0.25) is 0 Å². The Labute approximate surface area is 173 Å². The summed E-state index contributed by atoms with van der Waals surface area (Å²) < 4.78 is 30.5. The zero-order valence-electron chi connectivity index (χ0n) is 16.3. The topological polar surface area (TPSA) is 73.8 Å². The molecular weight excluding hydrogens is 408 g/mol. The van der Waals surface area contributed by atoms with Crippen molar-refractivity contribution in [3.63, 3.8) is 0 Å². The van der Waals surface area contributed by atoms with Crippen molar-refractivity contribution in [2.75, 3.05) is 0 Å². The van der Waals surface area contributed by atoms with Crippen LogP contribution >= 0.6 is 11.3 Å². The smallest absolute Gasteiger partial charge is 0.261 e. The first-order valence-electron chi connectivity index (χ1n) is 9.74. The van der Waals surface area contributed by atoms with Crippen LogP contribution in [0.3, 0.4) is 0 Å². The molecule has 1 saturated carbocycles. The number of halogens is 2. The van der Waals surface area contributed by atoms with E-state index in [1.54, 1.807) is 26.9 Å². The van der Waals surface area contributed by atoms with Crippen LogP contribution in [0, 0.1) is 13.8 Å². The van der Waals surface area contributed by atoms with Gasteiger partial charge in [0.15, 0.2) is 11.5 Å². The summed E-state index contributed by atoms with van der Waals surface area (Å²) in [7, 11) is 0. The van der Waals surface area contributed by atoms with E-state index < -0.39 is 6.43 Å². The summed E-state index contributed by atoms with van der Waals surface area (Å²) in [5, 5.41) is 9.67. The number of fused-ring (bicyclic) bond motifs is 5. The molecule has 0 unspecified atom stereocenters. The minimum atomic E-state index is -2.58. The Balaban J connectivity index is 1.47. The molecule has 0 N–H and O–H groups in total. The number of pyridine rings is 1. The van der Waals surface area contributed by atoms with Gasteiger partial charge in [0.05, 0.1) is 5.52 Å². The summed E-state index contributed by atoms with van der Waals surface area (Å²) in [4.78, 5) is 14.9. The van der Waals surface area contributed by atoms with Crippen LogP contribution in [-0.4, -0.2) is 34.3 Å². The lowest BCUT2D eigenvalue weighted by molar-refractivity contribution is 0.145. The summed E-state index contributed by atoms with van der Waals surface area (Å²) >= 11 is 1.55. The normalized spacial score (nSPS) is 14.7. The van der Waals surface area contributed by atoms with Gasteiger partial charge in [0, 0.05) is 22.7 Å². The molecule has 6 rings (SSSR count). The molecule has 0 spiro atoms. The number of rotatable bonds is 4. The van der Waals surface area contributed by atoms with E-state index in [2.05, 4.69) is 27.1 Å². The van der Waals surface area contributed by atoms with Crippen molar-refractivity contribution in [2.24, 2.45) is 0 Å². The van der Waals surface area contributed by atoms with E-state index in [9.17, 15) is 8.78 Å². The Kier molecular flexibility index (Phi) is 3.71. The van der Waals surface area contributed by atoms with Crippen molar-refractivity contribution >= 4 is 37.4 Å². The average molecular weight is 425 g/mol. The second-order valence-electron chi connectivity index (χ2n) is 7.81. The van der Waals surface area contributed by atoms with Crippen molar-refractivity contribution < 1.29 is 8.78 Å². The SMILES string of the molecule is Cc1cc(C)c2c(n1)sc1c2ncn2nc(Cn3nc(C(F)F)cc3C3CC3)nc12. The van der Waals surface area contributed by atoms with Crippen LogP contribution in [0.5, 0.6) is 0 Å². The van der Waals surface area contributed by atoms with Gasteiger partial charge < -0.3 is 0 Å². The van der Waals surface area contributed by atoms with E-state index in [0.717, 1.165) is 50.2 Å².